The molecule has 0 saturated heterocycles. The van der Waals surface area contributed by atoms with Gasteiger partial charge >= 0.3 is 0 Å². The third-order valence-electron chi connectivity index (χ3n) is 3.90. The minimum absolute atomic E-state index is 0.0793. The lowest BCUT2D eigenvalue weighted by Crippen LogP contribution is -2.11. The molecular weight excluding hydrogens is 424 g/mol. The molecule has 1 N–H and O–H groups in total. The monoisotopic (exact) mass is 438 g/mol. The summed E-state index contributed by atoms with van der Waals surface area (Å²) in [5.74, 6) is 0. The van der Waals surface area contributed by atoms with Crippen molar-refractivity contribution in [3.63, 3.8) is 0 Å². The van der Waals surface area contributed by atoms with E-state index in [1.165, 1.54) is 42.5 Å². The lowest BCUT2D eigenvalue weighted by Gasteiger charge is -2.12. The molecule has 0 unspecified atom stereocenters. The Morgan fingerprint density at radius 1 is 0.500 bits per heavy atom. The highest BCUT2D eigenvalue weighted by Crippen LogP contribution is 2.31. The smallest absolute Gasteiger partial charge is 0.282 e. The third-order valence-corrected chi connectivity index (χ3v) is 8.51. The van der Waals surface area contributed by atoms with Crippen LogP contribution in [0.2, 0.25) is 0 Å². The Morgan fingerprint density at radius 2 is 0.929 bits per heavy atom. The third kappa shape index (κ3) is 3.72. The molecule has 0 aliphatic rings. The molecule has 3 aromatic carbocycles. The second-order valence-corrected chi connectivity index (χ2v) is 11.0. The highest BCUT2D eigenvalue weighted by molar-refractivity contribution is 7.94. The van der Waals surface area contributed by atoms with E-state index in [9.17, 15) is 25.3 Å². The summed E-state index contributed by atoms with van der Waals surface area (Å²) in [5.41, 5.74) is 0. The minimum atomic E-state index is -4.63. The Balaban J connectivity index is 2.24. The Bertz CT molecular complexity index is 1340. The molecular formula is C18H14O7S3. The molecule has 0 saturated carbocycles. The van der Waals surface area contributed by atoms with Gasteiger partial charge in [-0.1, -0.05) is 36.4 Å². The van der Waals surface area contributed by atoms with Crippen LogP contribution in [0.4, 0.5) is 0 Å². The van der Waals surface area contributed by atoms with Crippen molar-refractivity contribution < 1.29 is 29.8 Å². The zero-order chi connectivity index (χ0) is 20.6. The summed E-state index contributed by atoms with van der Waals surface area (Å²) in [4.78, 5) is -2.08. The number of rotatable bonds is 5. The average molecular weight is 439 g/mol. The van der Waals surface area contributed by atoms with E-state index < -0.39 is 49.4 Å². The first-order valence-electron chi connectivity index (χ1n) is 7.76. The van der Waals surface area contributed by atoms with Crippen LogP contribution in [0.3, 0.4) is 0 Å². The highest BCUT2D eigenvalue weighted by atomic mass is 32.2. The zero-order valence-corrected chi connectivity index (χ0v) is 16.6. The number of hydrogen-bond acceptors (Lipinski definition) is 6. The van der Waals surface area contributed by atoms with E-state index in [1.54, 1.807) is 6.07 Å². The van der Waals surface area contributed by atoms with Crippen molar-refractivity contribution in [1.29, 1.82) is 0 Å². The van der Waals surface area contributed by atoms with Crippen LogP contribution < -0.4 is 0 Å². The summed E-state index contributed by atoms with van der Waals surface area (Å²) in [5, 5.41) is 0. The molecule has 3 aromatic rings. The number of hydrogen-bond donors (Lipinski definition) is 1. The predicted molar refractivity (Wildman–Crippen MR) is 100 cm³/mol. The first kappa shape index (κ1) is 20.2. The molecule has 0 radical (unpaired) electrons. The van der Waals surface area contributed by atoms with Gasteiger partial charge in [0.1, 0.15) is 0 Å². The summed E-state index contributed by atoms with van der Waals surface area (Å²) in [6.45, 7) is 0. The van der Waals surface area contributed by atoms with Gasteiger partial charge in [0.15, 0.2) is 0 Å². The Morgan fingerprint density at radius 3 is 1.46 bits per heavy atom. The van der Waals surface area contributed by atoms with Crippen LogP contribution in [0.25, 0.3) is 0 Å². The van der Waals surface area contributed by atoms with Gasteiger partial charge in [0.25, 0.3) is 10.1 Å². The standard InChI is InChI=1S/C18H14O7S3/c19-26(20,14-7-2-1-3-8-14)17-11-4-5-12-18(17)27(21,22)15-9-6-10-16(13-15)28(23,24)25/h1-13H,(H,23,24,25). The fraction of sp³-hybridized carbons (Fsp3) is 0. The summed E-state index contributed by atoms with van der Waals surface area (Å²) in [7, 11) is -13.2. The minimum Gasteiger partial charge on any atom is -0.282 e. The van der Waals surface area contributed by atoms with E-state index in [4.69, 9.17) is 4.55 Å². The van der Waals surface area contributed by atoms with Crippen LogP contribution in [0.15, 0.2) is 103 Å². The maximum atomic E-state index is 13.1. The Labute approximate surface area is 162 Å². The predicted octanol–water partition coefficient (Wildman–Crippen LogP) is 2.60. The molecule has 0 bridgehead atoms. The van der Waals surface area contributed by atoms with Gasteiger partial charge in [-0.05, 0) is 42.5 Å². The van der Waals surface area contributed by atoms with Crippen LogP contribution in [0, 0.1) is 0 Å². The zero-order valence-electron chi connectivity index (χ0n) is 14.1. The molecule has 146 valence electrons. The van der Waals surface area contributed by atoms with Gasteiger partial charge in [0, 0.05) is 0 Å². The first-order chi connectivity index (χ1) is 13.0. The molecule has 3 rings (SSSR count). The van der Waals surface area contributed by atoms with Crippen molar-refractivity contribution in [2.75, 3.05) is 0 Å². The van der Waals surface area contributed by atoms with Gasteiger partial charge in [0.05, 0.1) is 24.5 Å². The lowest BCUT2D eigenvalue weighted by molar-refractivity contribution is 0.483. The molecule has 0 aromatic heterocycles. The normalized spacial score (nSPS) is 12.6. The molecule has 10 heteroatoms. The van der Waals surface area contributed by atoms with Crippen LogP contribution in [-0.4, -0.2) is 29.8 Å². The molecule has 0 amide bonds. The van der Waals surface area contributed by atoms with Gasteiger partial charge in [-0.2, -0.15) is 8.42 Å². The first-order valence-corrected chi connectivity index (χ1v) is 12.2. The van der Waals surface area contributed by atoms with E-state index in [2.05, 4.69) is 0 Å². The van der Waals surface area contributed by atoms with Crippen LogP contribution in [0.1, 0.15) is 0 Å². The summed E-state index contributed by atoms with van der Waals surface area (Å²) < 4.78 is 83.9. The molecule has 0 aliphatic carbocycles. The molecule has 0 atom stereocenters. The van der Waals surface area contributed by atoms with E-state index >= 15 is 0 Å². The van der Waals surface area contributed by atoms with Crippen molar-refractivity contribution in [2.24, 2.45) is 0 Å². The van der Waals surface area contributed by atoms with Gasteiger partial charge < -0.3 is 0 Å². The van der Waals surface area contributed by atoms with E-state index in [-0.39, 0.29) is 4.90 Å². The topological polar surface area (TPSA) is 123 Å². The van der Waals surface area contributed by atoms with Crippen LogP contribution >= 0.6 is 0 Å². The summed E-state index contributed by atoms with van der Waals surface area (Å²) in [6.07, 6.45) is 0. The molecule has 0 fully saturated rings. The molecule has 0 spiro atoms. The van der Waals surface area contributed by atoms with E-state index in [1.807, 2.05) is 0 Å². The maximum absolute atomic E-state index is 13.1. The van der Waals surface area contributed by atoms with E-state index in [0.717, 1.165) is 30.3 Å². The Kier molecular flexibility index (Phi) is 5.15. The number of sulfone groups is 2. The Hall–Kier alpha value is -2.53. The quantitative estimate of drug-likeness (QED) is 0.607. The highest BCUT2D eigenvalue weighted by Gasteiger charge is 2.29. The molecule has 28 heavy (non-hydrogen) atoms. The average Bonchev–Trinajstić information content (AvgIpc) is 2.68. The SMILES string of the molecule is O=S(=O)(O)c1cccc(S(=O)(=O)c2ccccc2S(=O)(=O)c2ccccc2)c1. The summed E-state index contributed by atoms with van der Waals surface area (Å²) >= 11 is 0. The molecule has 7 nitrogen and oxygen atoms in total. The largest absolute Gasteiger partial charge is 0.294 e. The van der Waals surface area contributed by atoms with Crippen molar-refractivity contribution in [2.45, 2.75) is 24.5 Å². The van der Waals surface area contributed by atoms with Gasteiger partial charge in [-0.3, -0.25) is 4.55 Å². The molecule has 0 heterocycles. The van der Waals surface area contributed by atoms with Crippen molar-refractivity contribution in [3.05, 3.63) is 78.9 Å². The van der Waals surface area contributed by atoms with Gasteiger partial charge in [-0.25, -0.2) is 16.8 Å². The molecule has 0 aliphatic heterocycles. The van der Waals surface area contributed by atoms with E-state index in [0.29, 0.717) is 0 Å². The fourth-order valence-corrected chi connectivity index (χ4v) is 6.55. The fourth-order valence-electron chi connectivity index (χ4n) is 2.55. The summed E-state index contributed by atoms with van der Waals surface area (Å²) in [6, 6.07) is 16.5. The maximum Gasteiger partial charge on any atom is 0.294 e. The van der Waals surface area contributed by atoms with Crippen molar-refractivity contribution in [3.8, 4) is 0 Å². The second kappa shape index (κ2) is 7.13. The van der Waals surface area contributed by atoms with Gasteiger partial charge in [0.2, 0.25) is 19.7 Å². The van der Waals surface area contributed by atoms with Crippen molar-refractivity contribution >= 4 is 29.8 Å². The van der Waals surface area contributed by atoms with Crippen LogP contribution in [0.5, 0.6) is 0 Å². The van der Waals surface area contributed by atoms with Gasteiger partial charge in [-0.15, -0.1) is 0 Å². The lowest BCUT2D eigenvalue weighted by atomic mass is 10.4. The van der Waals surface area contributed by atoms with Crippen molar-refractivity contribution in [1.82, 2.24) is 0 Å². The number of benzene rings is 3. The second-order valence-electron chi connectivity index (χ2n) is 5.72. The van der Waals surface area contributed by atoms with Crippen LogP contribution in [-0.2, 0) is 29.8 Å².